The number of para-hydroxylation sites is 2. The van der Waals surface area contributed by atoms with E-state index in [4.69, 9.17) is 0 Å². The lowest BCUT2D eigenvalue weighted by atomic mass is 9.95. The molecular formula is C24H22N2O. The van der Waals surface area contributed by atoms with Gasteiger partial charge in [0.05, 0.1) is 5.69 Å². The monoisotopic (exact) mass is 354 g/mol. The third-order valence-electron chi connectivity index (χ3n) is 5.11. The maximum atomic E-state index is 13.4. The Morgan fingerprint density at radius 1 is 0.889 bits per heavy atom. The molecule has 0 atom stereocenters. The van der Waals surface area contributed by atoms with E-state index in [1.165, 1.54) is 5.56 Å². The number of aryl methyl sites for hydroxylation is 1. The van der Waals surface area contributed by atoms with E-state index >= 15 is 0 Å². The molecule has 0 radical (unpaired) electrons. The van der Waals surface area contributed by atoms with Crippen LogP contribution in [-0.4, -0.2) is 17.4 Å². The van der Waals surface area contributed by atoms with Gasteiger partial charge in [0.15, 0.2) is 0 Å². The molecular weight excluding hydrogens is 332 g/mol. The van der Waals surface area contributed by atoms with Gasteiger partial charge in [-0.3, -0.25) is 4.79 Å². The summed E-state index contributed by atoms with van der Waals surface area (Å²) in [6, 6.07) is 26.2. The van der Waals surface area contributed by atoms with Crippen molar-refractivity contribution in [3.05, 3.63) is 101 Å². The summed E-state index contributed by atoms with van der Waals surface area (Å²) in [5.74, 6) is 0.0613. The summed E-state index contributed by atoms with van der Waals surface area (Å²) in [6.07, 6.45) is 0.711. The lowest BCUT2D eigenvalue weighted by Gasteiger charge is -2.12. The van der Waals surface area contributed by atoms with Crippen LogP contribution in [0.25, 0.3) is 10.9 Å². The van der Waals surface area contributed by atoms with Crippen molar-refractivity contribution in [1.82, 2.24) is 4.57 Å². The Morgan fingerprint density at radius 3 is 2.33 bits per heavy atom. The van der Waals surface area contributed by atoms with Crippen molar-refractivity contribution in [2.45, 2.75) is 6.42 Å². The smallest absolute Gasteiger partial charge is 0.209 e. The van der Waals surface area contributed by atoms with E-state index in [2.05, 4.69) is 17.4 Å². The van der Waals surface area contributed by atoms with Crippen molar-refractivity contribution in [2.75, 3.05) is 12.4 Å². The average molecular weight is 354 g/mol. The fourth-order valence-corrected chi connectivity index (χ4v) is 3.66. The number of hydrogen-bond acceptors (Lipinski definition) is 2. The number of hydrogen-bond donors (Lipinski definition) is 1. The highest BCUT2D eigenvalue weighted by Gasteiger charge is 2.18. The van der Waals surface area contributed by atoms with Crippen LogP contribution in [-0.2, 0) is 13.5 Å². The maximum absolute atomic E-state index is 13.4. The lowest BCUT2D eigenvalue weighted by molar-refractivity contribution is 0.103. The summed E-state index contributed by atoms with van der Waals surface area (Å²) in [6.45, 7) is 0. The number of benzene rings is 3. The molecule has 4 aromatic rings. The predicted octanol–water partition coefficient (Wildman–Crippen LogP) is 5.04. The van der Waals surface area contributed by atoms with Crippen LogP contribution < -0.4 is 5.32 Å². The van der Waals surface area contributed by atoms with Gasteiger partial charge in [-0.2, -0.15) is 0 Å². The molecule has 0 spiro atoms. The fourth-order valence-electron chi connectivity index (χ4n) is 3.66. The molecule has 1 N–H and O–H groups in total. The molecule has 1 aromatic heterocycles. The molecule has 0 amide bonds. The summed E-state index contributed by atoms with van der Waals surface area (Å²) < 4.78 is 1.98. The second kappa shape index (κ2) is 7.12. The zero-order valence-corrected chi connectivity index (χ0v) is 15.6. The molecule has 0 saturated carbocycles. The largest absolute Gasteiger partial charge is 0.388 e. The number of rotatable bonds is 5. The van der Waals surface area contributed by atoms with Gasteiger partial charge in [-0.05, 0) is 29.3 Å². The first-order valence-electron chi connectivity index (χ1n) is 9.12. The minimum atomic E-state index is 0.0613. The summed E-state index contributed by atoms with van der Waals surface area (Å²) >= 11 is 0. The number of ketones is 1. The summed E-state index contributed by atoms with van der Waals surface area (Å²) in [5.41, 5.74) is 5.84. The van der Waals surface area contributed by atoms with Gasteiger partial charge < -0.3 is 9.88 Å². The SMILES string of the molecule is CNc1ccccc1Cc1ccccc1C(=O)c1cc2ccccc2n1C. The van der Waals surface area contributed by atoms with Gasteiger partial charge in [0.25, 0.3) is 0 Å². The summed E-state index contributed by atoms with van der Waals surface area (Å²) in [7, 11) is 3.87. The fraction of sp³-hybridized carbons (Fsp3) is 0.125. The van der Waals surface area contributed by atoms with Crippen LogP contribution >= 0.6 is 0 Å². The zero-order chi connectivity index (χ0) is 18.8. The molecule has 0 aliphatic carbocycles. The quantitative estimate of drug-likeness (QED) is 0.509. The molecule has 0 saturated heterocycles. The van der Waals surface area contributed by atoms with Crippen LogP contribution in [0.1, 0.15) is 27.2 Å². The van der Waals surface area contributed by atoms with Gasteiger partial charge in [-0.25, -0.2) is 0 Å². The predicted molar refractivity (Wildman–Crippen MR) is 112 cm³/mol. The van der Waals surface area contributed by atoms with Crippen LogP contribution in [0.4, 0.5) is 5.69 Å². The molecule has 134 valence electrons. The number of nitrogens with zero attached hydrogens (tertiary/aromatic N) is 1. The number of fused-ring (bicyclic) bond motifs is 1. The Kier molecular flexibility index (Phi) is 4.51. The van der Waals surface area contributed by atoms with Crippen LogP contribution in [0.5, 0.6) is 0 Å². The van der Waals surface area contributed by atoms with Gasteiger partial charge in [0.1, 0.15) is 0 Å². The highest BCUT2D eigenvalue weighted by atomic mass is 16.1. The van der Waals surface area contributed by atoms with Crippen molar-refractivity contribution < 1.29 is 4.79 Å². The molecule has 0 aliphatic heterocycles. The molecule has 0 aliphatic rings. The second-order valence-corrected chi connectivity index (χ2v) is 6.72. The van der Waals surface area contributed by atoms with E-state index in [1.54, 1.807) is 0 Å². The second-order valence-electron chi connectivity index (χ2n) is 6.72. The average Bonchev–Trinajstić information content (AvgIpc) is 3.05. The third kappa shape index (κ3) is 3.13. The van der Waals surface area contributed by atoms with Crippen LogP contribution in [0.3, 0.4) is 0 Å². The Labute approximate surface area is 159 Å². The maximum Gasteiger partial charge on any atom is 0.209 e. The van der Waals surface area contributed by atoms with Crippen molar-refractivity contribution >= 4 is 22.4 Å². The van der Waals surface area contributed by atoms with E-state index in [9.17, 15) is 4.79 Å². The molecule has 27 heavy (non-hydrogen) atoms. The highest BCUT2D eigenvalue weighted by Crippen LogP contribution is 2.25. The first-order chi connectivity index (χ1) is 13.2. The number of carbonyl (C=O) groups is 1. The van der Waals surface area contributed by atoms with E-state index < -0.39 is 0 Å². The minimum absolute atomic E-state index is 0.0613. The number of anilines is 1. The van der Waals surface area contributed by atoms with Crippen molar-refractivity contribution in [3.8, 4) is 0 Å². The Balaban J connectivity index is 1.76. The Hall–Kier alpha value is -3.33. The highest BCUT2D eigenvalue weighted by molar-refractivity contribution is 6.11. The van der Waals surface area contributed by atoms with E-state index in [0.717, 1.165) is 27.7 Å². The van der Waals surface area contributed by atoms with Gasteiger partial charge in [-0.15, -0.1) is 0 Å². The number of carbonyl (C=O) groups excluding carboxylic acids is 1. The molecule has 0 fully saturated rings. The first kappa shape index (κ1) is 17.1. The summed E-state index contributed by atoms with van der Waals surface area (Å²) in [5, 5.41) is 4.32. The van der Waals surface area contributed by atoms with E-state index in [-0.39, 0.29) is 5.78 Å². The van der Waals surface area contributed by atoms with Crippen LogP contribution in [0.2, 0.25) is 0 Å². The molecule has 4 rings (SSSR count). The normalized spacial score (nSPS) is 10.9. The zero-order valence-electron chi connectivity index (χ0n) is 15.6. The van der Waals surface area contributed by atoms with Gasteiger partial charge >= 0.3 is 0 Å². The number of aromatic nitrogens is 1. The molecule has 0 bridgehead atoms. The Bertz CT molecular complexity index is 1120. The van der Waals surface area contributed by atoms with Gasteiger partial charge in [0, 0.05) is 42.7 Å². The standard InChI is InChI=1S/C24H22N2O/c1-25-21-13-7-4-10-18(21)15-17-9-3-6-12-20(17)24(27)23-16-19-11-5-8-14-22(19)26(23)2/h3-14,16,25H,15H2,1-2H3. The summed E-state index contributed by atoms with van der Waals surface area (Å²) in [4.78, 5) is 13.4. The van der Waals surface area contributed by atoms with Crippen LogP contribution in [0.15, 0.2) is 78.9 Å². The topological polar surface area (TPSA) is 34.0 Å². The molecule has 3 heteroatoms. The van der Waals surface area contributed by atoms with Gasteiger partial charge in [-0.1, -0.05) is 60.7 Å². The minimum Gasteiger partial charge on any atom is -0.388 e. The van der Waals surface area contributed by atoms with Crippen molar-refractivity contribution in [2.24, 2.45) is 7.05 Å². The lowest BCUT2D eigenvalue weighted by Crippen LogP contribution is -2.10. The molecule has 1 heterocycles. The number of nitrogens with one attached hydrogen (secondary N) is 1. The van der Waals surface area contributed by atoms with Crippen LogP contribution in [0, 0.1) is 0 Å². The molecule has 0 unspecified atom stereocenters. The van der Waals surface area contributed by atoms with E-state index in [1.807, 2.05) is 85.4 Å². The van der Waals surface area contributed by atoms with Crippen molar-refractivity contribution in [3.63, 3.8) is 0 Å². The Morgan fingerprint density at radius 2 is 1.56 bits per heavy atom. The third-order valence-corrected chi connectivity index (χ3v) is 5.11. The molecule has 3 nitrogen and oxygen atoms in total. The molecule has 3 aromatic carbocycles. The van der Waals surface area contributed by atoms with E-state index in [0.29, 0.717) is 12.1 Å². The first-order valence-corrected chi connectivity index (χ1v) is 9.12. The van der Waals surface area contributed by atoms with Crippen molar-refractivity contribution in [1.29, 1.82) is 0 Å². The van der Waals surface area contributed by atoms with Gasteiger partial charge in [0.2, 0.25) is 5.78 Å².